The predicted octanol–water partition coefficient (Wildman–Crippen LogP) is 23.8. The second-order valence-corrected chi connectivity index (χ2v) is 32.3. The number of aliphatic hydroxyl groups is 1. The summed E-state index contributed by atoms with van der Waals surface area (Å²) in [6, 6.07) is 0. The summed E-state index contributed by atoms with van der Waals surface area (Å²) in [7, 11) is -9.93. The van der Waals surface area contributed by atoms with E-state index in [1.165, 1.54) is 199 Å². The van der Waals surface area contributed by atoms with Gasteiger partial charge >= 0.3 is 39.5 Å². The average Bonchev–Trinajstić information content (AvgIpc) is 1.06. The highest BCUT2D eigenvalue weighted by atomic mass is 31.2. The van der Waals surface area contributed by atoms with Crippen LogP contribution in [-0.2, 0) is 65.4 Å². The standard InChI is InChI=1S/C81H154O17P2/c1-7-9-11-13-15-17-19-21-24-28-34-40-46-52-58-64-79(84)92-70-76(97-80(85)65-59-53-47-41-35-29-26-23-22-25-27-31-37-43-49-55-61-73(3)4)71-95-99(87,88)93-67-75(82)68-94-100(89,90)96-72-77(69-91-78(83)63-57-51-45-39-33-20-18-16-14-12-10-8-2)98-81(86)66-60-54-48-42-36-30-32-38-44-50-56-62-74(5)6/h17,19,21,24,73-77,82H,7-16,18,20,22-23,25-72H2,1-6H3,(H,87,88)(H,89,90)/b19-17-,24-21-/t75-,76-,77-/m1/s1. The number of hydrogen-bond acceptors (Lipinski definition) is 15. The molecule has 0 fully saturated rings. The fourth-order valence-electron chi connectivity index (χ4n) is 12.0. The van der Waals surface area contributed by atoms with E-state index in [0.29, 0.717) is 25.7 Å². The zero-order valence-electron chi connectivity index (χ0n) is 65.0. The number of unbranched alkanes of at least 4 members (excludes halogenated alkanes) is 45. The molecule has 17 nitrogen and oxygen atoms in total. The van der Waals surface area contributed by atoms with Crippen molar-refractivity contribution in [3.05, 3.63) is 24.3 Å². The number of hydrogen-bond donors (Lipinski definition) is 3. The molecule has 0 aromatic heterocycles. The predicted molar refractivity (Wildman–Crippen MR) is 409 cm³/mol. The molecule has 0 rings (SSSR count). The zero-order chi connectivity index (χ0) is 73.5. The normalized spacial score (nSPS) is 14.1. The molecule has 100 heavy (non-hydrogen) atoms. The van der Waals surface area contributed by atoms with Gasteiger partial charge < -0.3 is 33.8 Å². The molecule has 590 valence electrons. The van der Waals surface area contributed by atoms with Crippen LogP contribution in [0.3, 0.4) is 0 Å². The molecule has 0 heterocycles. The van der Waals surface area contributed by atoms with Crippen molar-refractivity contribution >= 4 is 39.5 Å². The van der Waals surface area contributed by atoms with Gasteiger partial charge in [-0.3, -0.25) is 37.3 Å². The van der Waals surface area contributed by atoms with Crippen molar-refractivity contribution in [3.8, 4) is 0 Å². The van der Waals surface area contributed by atoms with E-state index in [1.807, 2.05) is 0 Å². The van der Waals surface area contributed by atoms with Crippen molar-refractivity contribution in [1.82, 2.24) is 0 Å². The fraction of sp³-hybridized carbons (Fsp3) is 0.901. The minimum Gasteiger partial charge on any atom is -0.462 e. The number of rotatable bonds is 78. The Bertz CT molecular complexity index is 2020. The van der Waals surface area contributed by atoms with Crippen LogP contribution in [-0.4, -0.2) is 96.7 Å². The summed E-state index contributed by atoms with van der Waals surface area (Å²) in [4.78, 5) is 73.0. The Hall–Kier alpha value is -2.46. The van der Waals surface area contributed by atoms with Crippen molar-refractivity contribution in [2.45, 2.75) is 419 Å². The van der Waals surface area contributed by atoms with E-state index in [0.717, 1.165) is 121 Å². The number of phosphoric acid groups is 2. The van der Waals surface area contributed by atoms with Gasteiger partial charge in [-0.15, -0.1) is 0 Å². The molecular formula is C81H154O17P2. The van der Waals surface area contributed by atoms with Gasteiger partial charge in [-0.05, 0) is 63.2 Å². The number of phosphoric ester groups is 2. The van der Waals surface area contributed by atoms with Gasteiger partial charge in [0.1, 0.15) is 19.3 Å². The summed E-state index contributed by atoms with van der Waals surface area (Å²) in [6.45, 7) is 9.60. The van der Waals surface area contributed by atoms with Gasteiger partial charge in [-0.1, -0.05) is 348 Å². The van der Waals surface area contributed by atoms with Crippen LogP contribution in [0.4, 0.5) is 0 Å². The summed E-state index contributed by atoms with van der Waals surface area (Å²) in [5, 5.41) is 10.6. The van der Waals surface area contributed by atoms with Gasteiger partial charge in [0.05, 0.1) is 26.4 Å². The molecule has 0 saturated carbocycles. The number of allylic oxidation sites excluding steroid dienone is 4. The first-order chi connectivity index (χ1) is 48.4. The van der Waals surface area contributed by atoms with Gasteiger partial charge in [0, 0.05) is 25.7 Å². The maximum Gasteiger partial charge on any atom is 0.472 e. The van der Waals surface area contributed by atoms with E-state index in [4.69, 9.17) is 37.0 Å². The van der Waals surface area contributed by atoms with Gasteiger partial charge in [0.25, 0.3) is 0 Å². The minimum absolute atomic E-state index is 0.101. The highest BCUT2D eigenvalue weighted by Gasteiger charge is 2.30. The van der Waals surface area contributed by atoms with Crippen molar-refractivity contribution in [2.24, 2.45) is 11.8 Å². The van der Waals surface area contributed by atoms with Crippen LogP contribution >= 0.6 is 15.6 Å². The third-order valence-corrected chi connectivity index (χ3v) is 20.2. The first-order valence-corrected chi connectivity index (χ1v) is 44.3. The first kappa shape index (κ1) is 97.5. The van der Waals surface area contributed by atoms with Crippen LogP contribution in [0.25, 0.3) is 0 Å². The quantitative estimate of drug-likeness (QED) is 0.0169. The Balaban J connectivity index is 5.29. The first-order valence-electron chi connectivity index (χ1n) is 41.3. The Morgan fingerprint density at radius 1 is 0.310 bits per heavy atom. The Labute approximate surface area is 612 Å². The van der Waals surface area contributed by atoms with Crippen LogP contribution < -0.4 is 0 Å². The SMILES string of the molecule is CCCCCC/C=C\C=C/CCCCCCCC(=O)OC[C@H](COP(=O)(O)OC[C@@H](O)COP(=O)(O)OC[C@@H](COC(=O)CCCCCCCCCCCCCC)OC(=O)CCCCCCCCCCCCCC(C)C)OC(=O)CCCCCCCCCCCCCCCCCCC(C)C. The molecule has 0 aliphatic rings. The molecular weight excluding hydrogens is 1310 g/mol. The van der Waals surface area contributed by atoms with Crippen LogP contribution in [0.2, 0.25) is 0 Å². The second kappa shape index (κ2) is 72.1. The highest BCUT2D eigenvalue weighted by Crippen LogP contribution is 2.45. The molecule has 5 atom stereocenters. The number of carbonyl (C=O) groups excluding carboxylic acids is 4. The Morgan fingerprint density at radius 3 is 0.820 bits per heavy atom. The van der Waals surface area contributed by atoms with Crippen molar-refractivity contribution in [2.75, 3.05) is 39.6 Å². The van der Waals surface area contributed by atoms with E-state index in [-0.39, 0.29) is 25.7 Å². The van der Waals surface area contributed by atoms with Crippen LogP contribution in [0, 0.1) is 11.8 Å². The summed E-state index contributed by atoms with van der Waals surface area (Å²) >= 11 is 0. The molecule has 0 aliphatic carbocycles. The Kier molecular flexibility index (Phi) is 70.3. The molecule has 2 unspecified atom stereocenters. The lowest BCUT2D eigenvalue weighted by molar-refractivity contribution is -0.161. The number of carbonyl (C=O) groups is 4. The molecule has 19 heteroatoms. The van der Waals surface area contributed by atoms with E-state index in [1.54, 1.807) is 0 Å². The molecule has 3 N–H and O–H groups in total. The lowest BCUT2D eigenvalue weighted by Gasteiger charge is -2.21. The molecule has 0 aromatic rings. The topological polar surface area (TPSA) is 237 Å². The van der Waals surface area contributed by atoms with Gasteiger partial charge in [0.2, 0.25) is 0 Å². The van der Waals surface area contributed by atoms with Gasteiger partial charge in [-0.2, -0.15) is 0 Å². The smallest absolute Gasteiger partial charge is 0.462 e. The number of esters is 4. The van der Waals surface area contributed by atoms with Crippen LogP contribution in [0.5, 0.6) is 0 Å². The third-order valence-electron chi connectivity index (χ3n) is 18.3. The van der Waals surface area contributed by atoms with E-state index < -0.39 is 97.5 Å². The maximum absolute atomic E-state index is 13.1. The molecule has 0 saturated heterocycles. The summed E-state index contributed by atoms with van der Waals surface area (Å²) in [6.07, 6.45) is 64.5. The van der Waals surface area contributed by atoms with Crippen LogP contribution in [0.15, 0.2) is 24.3 Å². The third kappa shape index (κ3) is 73.8. The van der Waals surface area contributed by atoms with Crippen molar-refractivity contribution in [1.29, 1.82) is 0 Å². The summed E-state index contributed by atoms with van der Waals surface area (Å²) in [5.41, 5.74) is 0. The lowest BCUT2D eigenvalue weighted by Crippen LogP contribution is -2.30. The molecule has 0 spiro atoms. The number of ether oxygens (including phenoxy) is 4. The molecule has 0 aliphatic heterocycles. The van der Waals surface area contributed by atoms with E-state index >= 15 is 0 Å². The molecule has 0 amide bonds. The van der Waals surface area contributed by atoms with Gasteiger partial charge in [-0.25, -0.2) is 9.13 Å². The van der Waals surface area contributed by atoms with Crippen molar-refractivity contribution < 1.29 is 80.2 Å². The molecule has 0 aromatic carbocycles. The van der Waals surface area contributed by atoms with Crippen LogP contribution in [0.1, 0.15) is 401 Å². The second-order valence-electron chi connectivity index (χ2n) is 29.4. The molecule has 0 bridgehead atoms. The summed E-state index contributed by atoms with van der Waals surface area (Å²) < 4.78 is 68.7. The van der Waals surface area contributed by atoms with E-state index in [2.05, 4.69) is 65.8 Å². The summed E-state index contributed by atoms with van der Waals surface area (Å²) in [5.74, 6) is -0.566. The monoisotopic (exact) mass is 1460 g/mol. The van der Waals surface area contributed by atoms with E-state index in [9.17, 15) is 43.2 Å². The number of aliphatic hydroxyl groups excluding tert-OH is 1. The lowest BCUT2D eigenvalue weighted by atomic mass is 10.0. The van der Waals surface area contributed by atoms with Gasteiger partial charge in [0.15, 0.2) is 12.2 Å². The maximum atomic E-state index is 13.1. The fourth-order valence-corrected chi connectivity index (χ4v) is 13.6. The Morgan fingerprint density at radius 2 is 0.540 bits per heavy atom. The largest absolute Gasteiger partial charge is 0.472 e. The molecule has 0 radical (unpaired) electrons. The highest BCUT2D eigenvalue weighted by molar-refractivity contribution is 7.47. The van der Waals surface area contributed by atoms with Crippen molar-refractivity contribution in [3.63, 3.8) is 0 Å². The minimum atomic E-state index is -4.97. The average molecular weight is 1460 g/mol. The zero-order valence-corrected chi connectivity index (χ0v) is 66.8.